The molecule has 0 aliphatic carbocycles. The summed E-state index contributed by atoms with van der Waals surface area (Å²) >= 11 is 0. The molecule has 2 aromatic rings. The molecular weight excluding hydrogens is 347 g/mol. The van der Waals surface area contributed by atoms with Gasteiger partial charge in [-0.1, -0.05) is 12.1 Å². The highest BCUT2D eigenvalue weighted by atomic mass is 19.1. The maximum Gasteiger partial charge on any atom is 0.223 e. The first-order valence-electron chi connectivity index (χ1n) is 9.23. The first kappa shape index (κ1) is 19.1. The Kier molecular flexibility index (Phi) is 5.88. The molecule has 3 rings (SSSR count). The van der Waals surface area contributed by atoms with E-state index in [1.165, 1.54) is 17.0 Å². The number of piperidine rings is 1. The second kappa shape index (κ2) is 8.33. The maximum absolute atomic E-state index is 13.2. The molecule has 0 bridgehead atoms. The van der Waals surface area contributed by atoms with Gasteiger partial charge in [0.25, 0.3) is 0 Å². The molecule has 7 heteroatoms. The van der Waals surface area contributed by atoms with Crippen LogP contribution in [0.3, 0.4) is 0 Å². The van der Waals surface area contributed by atoms with Gasteiger partial charge in [-0.25, -0.2) is 4.39 Å². The van der Waals surface area contributed by atoms with Gasteiger partial charge in [0, 0.05) is 57.2 Å². The van der Waals surface area contributed by atoms with Crippen LogP contribution >= 0.6 is 0 Å². The number of amides is 2. The van der Waals surface area contributed by atoms with E-state index < -0.39 is 0 Å². The summed E-state index contributed by atoms with van der Waals surface area (Å²) in [6.45, 7) is 1.32. The van der Waals surface area contributed by atoms with Crippen molar-refractivity contribution in [3.63, 3.8) is 0 Å². The van der Waals surface area contributed by atoms with Crippen molar-refractivity contribution < 1.29 is 14.0 Å². The second-order valence-electron chi connectivity index (χ2n) is 7.17. The van der Waals surface area contributed by atoms with Crippen LogP contribution in [-0.2, 0) is 9.59 Å². The zero-order chi connectivity index (χ0) is 19.4. The fourth-order valence-electron chi connectivity index (χ4n) is 3.50. The molecule has 1 saturated heterocycles. The van der Waals surface area contributed by atoms with Crippen LogP contribution in [0.25, 0.3) is 11.1 Å². The molecule has 1 aliphatic heterocycles. The van der Waals surface area contributed by atoms with Crippen molar-refractivity contribution in [2.45, 2.75) is 31.6 Å². The lowest BCUT2D eigenvalue weighted by atomic mass is 9.90. The van der Waals surface area contributed by atoms with E-state index in [0.717, 1.165) is 29.7 Å². The fraction of sp³-hybridized carbons (Fsp3) is 0.450. The van der Waals surface area contributed by atoms with E-state index in [0.29, 0.717) is 13.1 Å². The van der Waals surface area contributed by atoms with Crippen molar-refractivity contribution in [3.05, 3.63) is 42.0 Å². The lowest BCUT2D eigenvalue weighted by Gasteiger charge is -2.33. The minimum absolute atomic E-state index is 0.0118. The molecular formula is C20H25FN4O2. The largest absolute Gasteiger partial charge is 0.349 e. The highest BCUT2D eigenvalue weighted by molar-refractivity contribution is 5.83. The molecule has 1 aliphatic rings. The van der Waals surface area contributed by atoms with Crippen LogP contribution in [0.15, 0.2) is 30.5 Å². The Morgan fingerprint density at radius 2 is 2.00 bits per heavy atom. The smallest absolute Gasteiger partial charge is 0.223 e. The number of likely N-dealkylation sites (tertiary alicyclic amines) is 1. The van der Waals surface area contributed by atoms with Crippen LogP contribution in [0.4, 0.5) is 4.39 Å². The Balaban J connectivity index is 1.68. The molecule has 0 radical (unpaired) electrons. The number of nitrogens with zero attached hydrogens (tertiary/aromatic N) is 3. The normalized spacial score (nSPS) is 17.0. The van der Waals surface area contributed by atoms with Crippen molar-refractivity contribution in [1.82, 2.24) is 20.0 Å². The van der Waals surface area contributed by atoms with Gasteiger partial charge < -0.3 is 9.80 Å². The Labute approximate surface area is 158 Å². The van der Waals surface area contributed by atoms with E-state index >= 15 is 0 Å². The number of nitrogens with one attached hydrogen (secondary N) is 1. The van der Waals surface area contributed by atoms with Crippen molar-refractivity contribution in [2.75, 3.05) is 27.2 Å². The van der Waals surface area contributed by atoms with Crippen LogP contribution < -0.4 is 0 Å². The molecule has 1 atom stereocenters. The first-order valence-corrected chi connectivity index (χ1v) is 9.23. The van der Waals surface area contributed by atoms with Crippen molar-refractivity contribution >= 4 is 11.8 Å². The Bertz CT molecular complexity index is 801. The standard InChI is InChI=1S/C20H25FN4O2/c1-24(2)18(26)9-10-19(27)25-11-3-4-15(13-25)20-17(12-22-23-20)14-5-7-16(21)8-6-14/h5-8,12,15H,3-4,9-11,13H2,1-2H3,(H,22,23)/t15-/m0/s1. The number of halogens is 1. The molecule has 1 fully saturated rings. The van der Waals surface area contributed by atoms with Gasteiger partial charge in [0.2, 0.25) is 11.8 Å². The van der Waals surface area contributed by atoms with Gasteiger partial charge >= 0.3 is 0 Å². The number of hydrogen-bond donors (Lipinski definition) is 1. The Morgan fingerprint density at radius 3 is 2.70 bits per heavy atom. The SMILES string of the molecule is CN(C)C(=O)CCC(=O)N1CCC[C@H](c2[nH]ncc2-c2ccc(F)cc2)C1. The second-order valence-corrected chi connectivity index (χ2v) is 7.17. The van der Waals surface area contributed by atoms with Crippen LogP contribution in [0.1, 0.15) is 37.3 Å². The van der Waals surface area contributed by atoms with Gasteiger partial charge in [0.15, 0.2) is 0 Å². The fourth-order valence-corrected chi connectivity index (χ4v) is 3.50. The monoisotopic (exact) mass is 372 g/mol. The van der Waals surface area contributed by atoms with Gasteiger partial charge in [0.05, 0.1) is 6.20 Å². The minimum atomic E-state index is -0.273. The molecule has 1 aromatic carbocycles. The summed E-state index contributed by atoms with van der Waals surface area (Å²) in [5.74, 6) is -0.151. The molecule has 0 unspecified atom stereocenters. The molecule has 1 N–H and O–H groups in total. The number of rotatable bonds is 5. The third-order valence-electron chi connectivity index (χ3n) is 5.06. The summed E-state index contributed by atoms with van der Waals surface area (Å²) in [4.78, 5) is 27.6. The molecule has 0 spiro atoms. The predicted octanol–water partition coefficient (Wildman–Crippen LogP) is 2.79. The Morgan fingerprint density at radius 1 is 1.26 bits per heavy atom. The lowest BCUT2D eigenvalue weighted by Crippen LogP contribution is -2.39. The summed E-state index contributed by atoms with van der Waals surface area (Å²) < 4.78 is 13.2. The molecule has 144 valence electrons. The molecule has 2 amide bonds. The van der Waals surface area contributed by atoms with Gasteiger partial charge in [-0.3, -0.25) is 14.7 Å². The first-order chi connectivity index (χ1) is 13.0. The van der Waals surface area contributed by atoms with Crippen LogP contribution in [0, 0.1) is 5.82 Å². The molecule has 2 heterocycles. The van der Waals surface area contributed by atoms with Crippen LogP contribution in [-0.4, -0.2) is 59.0 Å². The number of aromatic amines is 1. The van der Waals surface area contributed by atoms with E-state index in [2.05, 4.69) is 10.2 Å². The van der Waals surface area contributed by atoms with Crippen molar-refractivity contribution in [3.8, 4) is 11.1 Å². The van der Waals surface area contributed by atoms with Gasteiger partial charge in [-0.05, 0) is 30.5 Å². The zero-order valence-corrected chi connectivity index (χ0v) is 15.7. The van der Waals surface area contributed by atoms with Gasteiger partial charge in [-0.2, -0.15) is 5.10 Å². The van der Waals surface area contributed by atoms with E-state index in [4.69, 9.17) is 0 Å². The summed E-state index contributed by atoms with van der Waals surface area (Å²) in [6, 6.07) is 6.35. The van der Waals surface area contributed by atoms with Crippen LogP contribution in [0.2, 0.25) is 0 Å². The number of carbonyl (C=O) groups is 2. The Hall–Kier alpha value is -2.70. The quantitative estimate of drug-likeness (QED) is 0.877. The van der Waals surface area contributed by atoms with E-state index in [-0.39, 0.29) is 36.4 Å². The van der Waals surface area contributed by atoms with E-state index in [1.54, 1.807) is 32.4 Å². The highest BCUT2D eigenvalue weighted by Gasteiger charge is 2.27. The maximum atomic E-state index is 13.2. The summed E-state index contributed by atoms with van der Waals surface area (Å²) in [6.07, 6.45) is 4.07. The third kappa shape index (κ3) is 4.53. The third-order valence-corrected chi connectivity index (χ3v) is 5.06. The van der Waals surface area contributed by atoms with E-state index in [9.17, 15) is 14.0 Å². The van der Waals surface area contributed by atoms with Gasteiger partial charge in [-0.15, -0.1) is 0 Å². The van der Waals surface area contributed by atoms with Crippen molar-refractivity contribution in [1.29, 1.82) is 0 Å². The minimum Gasteiger partial charge on any atom is -0.349 e. The molecule has 1 aromatic heterocycles. The van der Waals surface area contributed by atoms with Gasteiger partial charge in [0.1, 0.15) is 5.82 Å². The van der Waals surface area contributed by atoms with Crippen molar-refractivity contribution in [2.24, 2.45) is 0 Å². The number of hydrogen-bond acceptors (Lipinski definition) is 3. The summed E-state index contributed by atoms with van der Waals surface area (Å²) in [5.41, 5.74) is 2.82. The topological polar surface area (TPSA) is 69.3 Å². The summed E-state index contributed by atoms with van der Waals surface area (Å²) in [7, 11) is 3.39. The highest BCUT2D eigenvalue weighted by Crippen LogP contribution is 2.33. The number of H-pyrrole nitrogens is 1. The zero-order valence-electron chi connectivity index (χ0n) is 15.7. The van der Waals surface area contributed by atoms with Crippen LogP contribution in [0.5, 0.6) is 0 Å². The average Bonchev–Trinajstić information content (AvgIpc) is 3.16. The molecule has 6 nitrogen and oxygen atoms in total. The average molecular weight is 372 g/mol. The number of aromatic nitrogens is 2. The number of benzene rings is 1. The molecule has 0 saturated carbocycles. The summed E-state index contributed by atoms with van der Waals surface area (Å²) in [5, 5.41) is 7.24. The predicted molar refractivity (Wildman–Crippen MR) is 100 cm³/mol. The lowest BCUT2D eigenvalue weighted by molar-refractivity contribution is -0.136. The number of carbonyl (C=O) groups excluding carboxylic acids is 2. The molecule has 27 heavy (non-hydrogen) atoms. The van der Waals surface area contributed by atoms with E-state index in [1.807, 2.05) is 4.90 Å².